The summed E-state index contributed by atoms with van der Waals surface area (Å²) in [6.07, 6.45) is 0. The Kier molecular flexibility index (Phi) is 5.58. The predicted molar refractivity (Wildman–Crippen MR) is 126 cm³/mol. The Hall–Kier alpha value is -3.86. The van der Waals surface area contributed by atoms with E-state index in [-0.39, 0.29) is 11.8 Å². The Labute approximate surface area is 182 Å². The lowest BCUT2D eigenvalue weighted by Gasteiger charge is -2.25. The van der Waals surface area contributed by atoms with Crippen LogP contribution in [0.5, 0.6) is 0 Å². The van der Waals surface area contributed by atoms with Crippen LogP contribution in [0.15, 0.2) is 90.6 Å². The lowest BCUT2D eigenvalue weighted by Crippen LogP contribution is -2.35. The van der Waals surface area contributed by atoms with E-state index in [0.29, 0.717) is 23.5 Å². The monoisotopic (exact) mass is 411 g/mol. The van der Waals surface area contributed by atoms with Crippen LogP contribution in [0.2, 0.25) is 0 Å². The average molecular weight is 412 g/mol. The Morgan fingerprint density at radius 3 is 1.97 bits per heavy atom. The van der Waals surface area contributed by atoms with Gasteiger partial charge < -0.3 is 9.80 Å². The summed E-state index contributed by atoms with van der Waals surface area (Å²) in [5.41, 5.74) is 3.92. The third kappa shape index (κ3) is 3.70. The second-order valence-corrected chi connectivity index (χ2v) is 7.53. The number of likely N-dealkylation sites (N-methyl/N-ethyl adjacent to an activating group) is 1. The van der Waals surface area contributed by atoms with Crippen molar-refractivity contribution >= 4 is 34.4 Å². The van der Waals surface area contributed by atoms with Crippen LogP contribution >= 0.6 is 0 Å². The van der Waals surface area contributed by atoms with Crippen molar-refractivity contribution in [1.29, 1.82) is 0 Å². The fourth-order valence-electron chi connectivity index (χ4n) is 3.86. The molecule has 156 valence electrons. The quantitative estimate of drug-likeness (QED) is 0.558. The van der Waals surface area contributed by atoms with E-state index in [4.69, 9.17) is 0 Å². The first-order valence-corrected chi connectivity index (χ1v) is 10.3. The van der Waals surface area contributed by atoms with E-state index >= 15 is 0 Å². The number of carbonyl (C=O) groups excluding carboxylic acids is 2. The van der Waals surface area contributed by atoms with Crippen LogP contribution in [0, 0.1) is 0 Å². The Bertz CT molecular complexity index is 1140. The molecule has 0 bridgehead atoms. The minimum atomic E-state index is -0.314. The predicted octanol–water partition coefficient (Wildman–Crippen LogP) is 4.56. The van der Waals surface area contributed by atoms with E-state index in [1.165, 1.54) is 4.90 Å². The molecule has 0 aliphatic carbocycles. The van der Waals surface area contributed by atoms with Gasteiger partial charge in [0.15, 0.2) is 0 Å². The molecule has 1 heterocycles. The summed E-state index contributed by atoms with van der Waals surface area (Å²) in [7, 11) is 3.86. The topological polar surface area (TPSA) is 43.9 Å². The number of anilines is 3. The molecule has 1 aliphatic heterocycles. The molecular formula is C26H25N3O2. The van der Waals surface area contributed by atoms with Crippen LogP contribution in [0.25, 0.3) is 5.57 Å². The summed E-state index contributed by atoms with van der Waals surface area (Å²) in [5, 5.41) is 0. The minimum Gasteiger partial charge on any atom is -0.378 e. The van der Waals surface area contributed by atoms with Gasteiger partial charge in [0.2, 0.25) is 0 Å². The zero-order chi connectivity index (χ0) is 22.0. The highest BCUT2D eigenvalue weighted by molar-refractivity contribution is 6.46. The Balaban J connectivity index is 1.88. The number of para-hydroxylation sites is 1. The van der Waals surface area contributed by atoms with Crippen molar-refractivity contribution in [1.82, 2.24) is 0 Å². The zero-order valence-electron chi connectivity index (χ0n) is 17.9. The highest BCUT2D eigenvalue weighted by atomic mass is 16.2. The maximum Gasteiger partial charge on any atom is 0.282 e. The highest BCUT2D eigenvalue weighted by Gasteiger charge is 2.42. The van der Waals surface area contributed by atoms with Crippen LogP contribution in [0.1, 0.15) is 12.5 Å². The molecule has 4 rings (SSSR count). The van der Waals surface area contributed by atoms with Crippen molar-refractivity contribution in [2.75, 3.05) is 35.3 Å². The lowest BCUT2D eigenvalue weighted by molar-refractivity contribution is -0.120. The third-order valence-corrected chi connectivity index (χ3v) is 5.38. The van der Waals surface area contributed by atoms with Crippen LogP contribution < -0.4 is 14.7 Å². The smallest absolute Gasteiger partial charge is 0.282 e. The van der Waals surface area contributed by atoms with Gasteiger partial charge in [-0.25, -0.2) is 4.90 Å². The number of hydrogen-bond acceptors (Lipinski definition) is 4. The number of nitrogens with zero attached hydrogens (tertiary/aromatic N) is 3. The van der Waals surface area contributed by atoms with Crippen molar-refractivity contribution in [2.24, 2.45) is 0 Å². The van der Waals surface area contributed by atoms with Crippen LogP contribution in [-0.4, -0.2) is 32.5 Å². The Morgan fingerprint density at radius 2 is 1.35 bits per heavy atom. The molecular weight excluding hydrogens is 386 g/mol. The van der Waals surface area contributed by atoms with E-state index in [1.54, 1.807) is 6.07 Å². The number of amides is 2. The van der Waals surface area contributed by atoms with Gasteiger partial charge in [-0.3, -0.25) is 9.59 Å². The molecule has 0 saturated carbocycles. The summed E-state index contributed by atoms with van der Waals surface area (Å²) in [4.78, 5) is 32.6. The molecule has 5 heteroatoms. The first-order chi connectivity index (χ1) is 15.0. The first kappa shape index (κ1) is 20.4. The van der Waals surface area contributed by atoms with Gasteiger partial charge in [-0.1, -0.05) is 54.6 Å². The molecule has 3 aromatic rings. The van der Waals surface area contributed by atoms with Gasteiger partial charge in [-0.2, -0.15) is 0 Å². The Morgan fingerprint density at radius 1 is 0.742 bits per heavy atom. The third-order valence-electron chi connectivity index (χ3n) is 5.38. The summed E-state index contributed by atoms with van der Waals surface area (Å²) < 4.78 is 0. The molecule has 1 aliphatic rings. The lowest BCUT2D eigenvalue weighted by atomic mass is 10.0. The maximum absolute atomic E-state index is 13.7. The summed E-state index contributed by atoms with van der Waals surface area (Å²) in [6.45, 7) is 2.54. The van der Waals surface area contributed by atoms with Gasteiger partial charge in [0.05, 0.1) is 11.3 Å². The summed E-state index contributed by atoms with van der Waals surface area (Å²) >= 11 is 0. The van der Waals surface area contributed by atoms with E-state index in [2.05, 4.69) is 0 Å². The van der Waals surface area contributed by atoms with Gasteiger partial charge in [0.25, 0.3) is 11.8 Å². The molecule has 0 N–H and O–H groups in total. The van der Waals surface area contributed by atoms with Crippen molar-refractivity contribution in [3.05, 3.63) is 96.2 Å². The van der Waals surface area contributed by atoms with Gasteiger partial charge in [-0.15, -0.1) is 0 Å². The van der Waals surface area contributed by atoms with E-state index in [0.717, 1.165) is 16.9 Å². The van der Waals surface area contributed by atoms with Crippen molar-refractivity contribution < 1.29 is 9.59 Å². The molecule has 0 radical (unpaired) electrons. The molecule has 2 amide bonds. The molecule has 5 nitrogen and oxygen atoms in total. The fourth-order valence-corrected chi connectivity index (χ4v) is 3.86. The summed E-state index contributed by atoms with van der Waals surface area (Å²) in [5.74, 6) is -0.623. The minimum absolute atomic E-state index is 0.309. The normalized spacial score (nSPS) is 13.7. The fraction of sp³-hybridized carbons (Fsp3) is 0.154. The number of rotatable bonds is 6. The summed E-state index contributed by atoms with van der Waals surface area (Å²) in [6, 6.07) is 26.6. The van der Waals surface area contributed by atoms with Crippen molar-refractivity contribution in [3.8, 4) is 0 Å². The molecule has 0 fully saturated rings. The molecule has 0 atom stereocenters. The molecule has 3 aromatic carbocycles. The molecule has 31 heavy (non-hydrogen) atoms. The molecule has 0 saturated heterocycles. The second-order valence-electron chi connectivity index (χ2n) is 7.53. The number of imide groups is 1. The SMILES string of the molecule is CCN(C1=C(c2ccccc2)C(=O)N(c2cccc(N(C)C)c2)C1=O)c1ccccc1. The van der Waals surface area contributed by atoms with Crippen molar-refractivity contribution in [3.63, 3.8) is 0 Å². The van der Waals surface area contributed by atoms with E-state index in [9.17, 15) is 9.59 Å². The largest absolute Gasteiger partial charge is 0.378 e. The molecule has 0 unspecified atom stereocenters. The van der Waals surface area contributed by atoms with Crippen molar-refractivity contribution in [2.45, 2.75) is 6.92 Å². The maximum atomic E-state index is 13.7. The first-order valence-electron chi connectivity index (χ1n) is 10.3. The van der Waals surface area contributed by atoms with Crippen LogP contribution in [0.4, 0.5) is 17.1 Å². The van der Waals surface area contributed by atoms with E-state index < -0.39 is 0 Å². The van der Waals surface area contributed by atoms with Crippen LogP contribution in [0.3, 0.4) is 0 Å². The van der Waals surface area contributed by atoms with Gasteiger partial charge in [0.1, 0.15) is 5.70 Å². The standard InChI is InChI=1S/C26H25N3O2/c1-4-28(20-14-9-6-10-15-20)24-23(19-12-7-5-8-13-19)25(30)29(26(24)31)22-17-11-16-21(18-22)27(2)3/h5-18H,4H2,1-3H3. The number of benzene rings is 3. The van der Waals surface area contributed by atoms with E-state index in [1.807, 2.05) is 110 Å². The van der Waals surface area contributed by atoms with Gasteiger partial charge >= 0.3 is 0 Å². The highest BCUT2D eigenvalue weighted by Crippen LogP contribution is 2.37. The van der Waals surface area contributed by atoms with Crippen LogP contribution in [-0.2, 0) is 9.59 Å². The zero-order valence-corrected chi connectivity index (χ0v) is 17.9. The molecule has 0 aromatic heterocycles. The number of hydrogen-bond donors (Lipinski definition) is 0. The molecule has 0 spiro atoms. The second kappa shape index (κ2) is 8.48. The number of carbonyl (C=O) groups is 2. The average Bonchev–Trinajstić information content (AvgIpc) is 3.06. The van der Waals surface area contributed by atoms with Gasteiger partial charge in [-0.05, 0) is 42.8 Å². The van der Waals surface area contributed by atoms with Gasteiger partial charge in [0, 0.05) is 32.0 Å².